The minimum Gasteiger partial charge on any atom is -0.398 e. The van der Waals surface area contributed by atoms with Crippen LogP contribution in [0.3, 0.4) is 0 Å². The fourth-order valence-electron chi connectivity index (χ4n) is 3.30. The van der Waals surface area contributed by atoms with Crippen LogP contribution in [-0.4, -0.2) is 13.1 Å². The second-order valence-electron chi connectivity index (χ2n) is 6.23. The lowest BCUT2D eigenvalue weighted by atomic mass is 10.0. The Morgan fingerprint density at radius 1 is 1.10 bits per heavy atom. The highest BCUT2D eigenvalue weighted by Crippen LogP contribution is 2.35. The van der Waals surface area contributed by atoms with Crippen molar-refractivity contribution < 1.29 is 0 Å². The van der Waals surface area contributed by atoms with Crippen LogP contribution in [-0.2, 0) is 6.42 Å². The molecule has 0 aromatic heterocycles. The van der Waals surface area contributed by atoms with E-state index in [-0.39, 0.29) is 0 Å². The van der Waals surface area contributed by atoms with Crippen LogP contribution in [0.5, 0.6) is 0 Å². The molecule has 1 aromatic carbocycles. The lowest BCUT2D eigenvalue weighted by Crippen LogP contribution is -2.21. The summed E-state index contributed by atoms with van der Waals surface area (Å²) in [5.41, 5.74) is 12.6. The highest BCUT2D eigenvalue weighted by atomic mass is 15.1. The molecule has 0 fully saturated rings. The van der Waals surface area contributed by atoms with Gasteiger partial charge in [-0.2, -0.15) is 0 Å². The number of hydrogen-bond acceptors (Lipinski definition) is 2. The third-order valence-electron chi connectivity index (χ3n) is 4.70. The molecule has 0 spiro atoms. The predicted molar refractivity (Wildman–Crippen MR) is 89.6 cm³/mol. The van der Waals surface area contributed by atoms with E-state index in [0.29, 0.717) is 0 Å². The Labute approximate surface area is 124 Å². The molecule has 0 atom stereocenters. The lowest BCUT2D eigenvalue weighted by Gasteiger charge is -2.21. The summed E-state index contributed by atoms with van der Waals surface area (Å²) in [5, 5.41) is 0. The van der Waals surface area contributed by atoms with Crippen LogP contribution in [0.2, 0.25) is 0 Å². The molecule has 0 saturated carbocycles. The summed E-state index contributed by atoms with van der Waals surface area (Å²) in [6, 6.07) is 2.29. The van der Waals surface area contributed by atoms with E-state index in [1.807, 2.05) is 0 Å². The number of nitrogens with two attached hydrogens (primary N) is 1. The molecule has 2 heteroatoms. The maximum Gasteiger partial charge on any atom is 0.0406 e. The number of rotatable bonds is 7. The second-order valence-corrected chi connectivity index (χ2v) is 6.23. The lowest BCUT2D eigenvalue weighted by molar-refractivity contribution is 0.602. The molecule has 0 amide bonds. The number of nitrogens with zero attached hydrogens (tertiary/aromatic N) is 1. The molecule has 1 heterocycles. The molecular formula is C18H30N2. The van der Waals surface area contributed by atoms with E-state index in [2.05, 4.69) is 31.7 Å². The summed E-state index contributed by atoms with van der Waals surface area (Å²) < 4.78 is 0. The van der Waals surface area contributed by atoms with Gasteiger partial charge in [-0.1, -0.05) is 39.0 Å². The molecule has 112 valence electrons. The van der Waals surface area contributed by atoms with Gasteiger partial charge in [0.05, 0.1) is 0 Å². The average molecular weight is 274 g/mol. The molecule has 1 aliphatic rings. The van der Waals surface area contributed by atoms with Crippen molar-refractivity contribution in [1.29, 1.82) is 0 Å². The summed E-state index contributed by atoms with van der Waals surface area (Å²) in [4.78, 5) is 2.56. The zero-order valence-corrected chi connectivity index (χ0v) is 13.5. The van der Waals surface area contributed by atoms with Crippen molar-refractivity contribution in [3.8, 4) is 0 Å². The summed E-state index contributed by atoms with van der Waals surface area (Å²) in [5.74, 6) is 0. The maximum absolute atomic E-state index is 6.15. The van der Waals surface area contributed by atoms with Gasteiger partial charge in [0.25, 0.3) is 0 Å². The van der Waals surface area contributed by atoms with Crippen LogP contribution in [0.25, 0.3) is 0 Å². The fraction of sp³-hybridized carbons (Fsp3) is 0.667. The van der Waals surface area contributed by atoms with E-state index >= 15 is 0 Å². The number of unbranched alkanes of at least 4 members (excludes halogenated alkanes) is 5. The number of anilines is 2. The second kappa shape index (κ2) is 7.01. The molecule has 20 heavy (non-hydrogen) atoms. The molecule has 0 radical (unpaired) electrons. The van der Waals surface area contributed by atoms with E-state index in [1.54, 1.807) is 0 Å². The van der Waals surface area contributed by atoms with Crippen molar-refractivity contribution in [2.75, 3.05) is 23.7 Å². The van der Waals surface area contributed by atoms with Crippen molar-refractivity contribution in [2.24, 2.45) is 0 Å². The topological polar surface area (TPSA) is 29.3 Å². The molecule has 2 N–H and O–H groups in total. The fourth-order valence-corrected chi connectivity index (χ4v) is 3.30. The number of hydrogen-bond donors (Lipinski definition) is 1. The van der Waals surface area contributed by atoms with Gasteiger partial charge in [0.1, 0.15) is 0 Å². The van der Waals surface area contributed by atoms with Gasteiger partial charge in [-0.05, 0) is 49.4 Å². The van der Waals surface area contributed by atoms with E-state index < -0.39 is 0 Å². The van der Waals surface area contributed by atoms with Crippen LogP contribution in [0, 0.1) is 13.8 Å². The van der Waals surface area contributed by atoms with Crippen LogP contribution >= 0.6 is 0 Å². The number of fused-ring (bicyclic) bond motifs is 1. The molecule has 1 aromatic rings. The van der Waals surface area contributed by atoms with Crippen molar-refractivity contribution in [3.05, 3.63) is 22.8 Å². The monoisotopic (exact) mass is 274 g/mol. The van der Waals surface area contributed by atoms with Gasteiger partial charge in [-0.3, -0.25) is 0 Å². The Kier molecular flexibility index (Phi) is 5.33. The van der Waals surface area contributed by atoms with Gasteiger partial charge < -0.3 is 10.6 Å². The van der Waals surface area contributed by atoms with E-state index in [1.165, 1.54) is 80.4 Å². The molecule has 1 aliphatic heterocycles. The van der Waals surface area contributed by atoms with Gasteiger partial charge in [0.15, 0.2) is 0 Å². The number of nitrogen functional groups attached to an aromatic ring is 1. The zero-order valence-electron chi connectivity index (χ0n) is 13.5. The van der Waals surface area contributed by atoms with Gasteiger partial charge in [0, 0.05) is 24.5 Å². The minimum atomic E-state index is 0.991. The highest BCUT2D eigenvalue weighted by Gasteiger charge is 2.22. The van der Waals surface area contributed by atoms with Gasteiger partial charge >= 0.3 is 0 Å². The van der Waals surface area contributed by atoms with E-state index in [4.69, 9.17) is 5.73 Å². The standard InChI is InChI=1S/C18H30N2/c1-4-5-6-7-8-9-11-20-12-10-16-15(3)18(19)14(2)13-17(16)20/h13H,4-12,19H2,1-3H3. The summed E-state index contributed by atoms with van der Waals surface area (Å²) in [7, 11) is 0. The predicted octanol–water partition coefficient (Wildman–Crippen LogP) is 4.61. The van der Waals surface area contributed by atoms with Crippen molar-refractivity contribution >= 4 is 11.4 Å². The van der Waals surface area contributed by atoms with Crippen LogP contribution in [0.1, 0.15) is 62.1 Å². The van der Waals surface area contributed by atoms with Crippen LogP contribution in [0.15, 0.2) is 6.07 Å². The zero-order chi connectivity index (χ0) is 14.5. The van der Waals surface area contributed by atoms with Crippen LogP contribution in [0.4, 0.5) is 11.4 Å². The largest absolute Gasteiger partial charge is 0.398 e. The molecule has 0 bridgehead atoms. The van der Waals surface area contributed by atoms with Crippen molar-refractivity contribution in [3.63, 3.8) is 0 Å². The molecule has 2 rings (SSSR count). The Morgan fingerprint density at radius 3 is 2.55 bits per heavy atom. The average Bonchev–Trinajstić information content (AvgIpc) is 2.83. The first-order valence-corrected chi connectivity index (χ1v) is 8.28. The van der Waals surface area contributed by atoms with Gasteiger partial charge in [0.2, 0.25) is 0 Å². The summed E-state index contributed by atoms with van der Waals surface area (Å²) in [6.07, 6.45) is 9.39. The van der Waals surface area contributed by atoms with Crippen molar-refractivity contribution in [2.45, 2.75) is 65.7 Å². The molecule has 2 nitrogen and oxygen atoms in total. The van der Waals surface area contributed by atoms with Gasteiger partial charge in [-0.15, -0.1) is 0 Å². The molecule has 0 aliphatic carbocycles. The minimum absolute atomic E-state index is 0.991. The summed E-state index contributed by atoms with van der Waals surface area (Å²) in [6.45, 7) is 8.97. The Bertz CT molecular complexity index is 451. The maximum atomic E-state index is 6.15. The van der Waals surface area contributed by atoms with E-state index in [0.717, 1.165) is 5.69 Å². The molecule has 0 saturated heterocycles. The highest BCUT2D eigenvalue weighted by molar-refractivity contribution is 5.70. The third-order valence-corrected chi connectivity index (χ3v) is 4.70. The first-order chi connectivity index (χ1) is 9.65. The Balaban J connectivity index is 1.89. The Hall–Kier alpha value is -1.18. The Morgan fingerprint density at radius 2 is 1.80 bits per heavy atom. The quantitative estimate of drug-likeness (QED) is 0.581. The normalized spacial score (nSPS) is 13.8. The van der Waals surface area contributed by atoms with Crippen LogP contribution < -0.4 is 10.6 Å². The molecule has 0 unspecified atom stereocenters. The smallest absolute Gasteiger partial charge is 0.0406 e. The third kappa shape index (κ3) is 3.28. The van der Waals surface area contributed by atoms with Crippen molar-refractivity contribution in [1.82, 2.24) is 0 Å². The first kappa shape index (κ1) is 15.2. The first-order valence-electron chi connectivity index (χ1n) is 8.28. The summed E-state index contributed by atoms with van der Waals surface area (Å²) >= 11 is 0. The SMILES string of the molecule is CCCCCCCCN1CCc2c1cc(C)c(N)c2C. The number of benzene rings is 1. The molecular weight excluding hydrogens is 244 g/mol. The van der Waals surface area contributed by atoms with E-state index in [9.17, 15) is 0 Å². The number of aryl methyl sites for hydroxylation is 1. The van der Waals surface area contributed by atoms with Gasteiger partial charge in [-0.25, -0.2) is 0 Å².